The summed E-state index contributed by atoms with van der Waals surface area (Å²) in [6.45, 7) is 4.28. The van der Waals surface area contributed by atoms with E-state index in [0.29, 0.717) is 19.4 Å². The van der Waals surface area contributed by atoms with Gasteiger partial charge < -0.3 is 14.6 Å². The lowest BCUT2D eigenvalue weighted by Gasteiger charge is -2.13. The summed E-state index contributed by atoms with van der Waals surface area (Å²) in [4.78, 5) is 33.7. The summed E-state index contributed by atoms with van der Waals surface area (Å²) in [5.74, 6) is -1.36. The van der Waals surface area contributed by atoms with Gasteiger partial charge in [0.2, 0.25) is 0 Å². The topological polar surface area (TPSA) is 89.9 Å². The van der Waals surface area contributed by atoms with Crippen LogP contribution in [-0.4, -0.2) is 36.7 Å². The molecule has 0 aliphatic heterocycles. The Morgan fingerprint density at radius 1 is 0.962 bits per heavy atom. The van der Waals surface area contributed by atoms with Gasteiger partial charge in [-0.05, 0) is 37.5 Å². The molecule has 1 atom stereocenters. The van der Waals surface area contributed by atoms with Crippen molar-refractivity contribution in [1.29, 1.82) is 0 Å². The summed E-state index contributed by atoms with van der Waals surface area (Å²) >= 11 is 0. The minimum absolute atomic E-state index is 0.0331. The second-order valence-electron chi connectivity index (χ2n) is 6.98. The van der Waals surface area contributed by atoms with Gasteiger partial charge in [0.15, 0.2) is 0 Å². The van der Waals surface area contributed by atoms with Gasteiger partial charge in [-0.1, -0.05) is 38.8 Å². The van der Waals surface area contributed by atoms with Crippen molar-refractivity contribution < 1.29 is 29.0 Å². The van der Waals surface area contributed by atoms with Crippen LogP contribution < -0.4 is 0 Å². The van der Waals surface area contributed by atoms with Crippen molar-refractivity contribution in [3.05, 3.63) is 12.2 Å². The third-order valence-electron chi connectivity index (χ3n) is 3.86. The monoisotopic (exact) mass is 370 g/mol. The number of ether oxygens (including phenoxy) is 2. The Morgan fingerprint density at radius 2 is 1.65 bits per heavy atom. The van der Waals surface area contributed by atoms with Gasteiger partial charge in [0.25, 0.3) is 0 Å². The van der Waals surface area contributed by atoms with E-state index in [1.54, 1.807) is 0 Å². The summed E-state index contributed by atoms with van der Waals surface area (Å²) in [5.41, 5.74) is 0. The maximum absolute atomic E-state index is 11.8. The molecule has 0 bridgehead atoms. The molecule has 0 heterocycles. The number of carbonyl (C=O) groups excluding carboxylic acids is 2. The first kappa shape index (κ1) is 24.1. The average molecular weight is 370 g/mol. The first-order valence-electron chi connectivity index (χ1n) is 9.44. The first-order valence-corrected chi connectivity index (χ1v) is 9.44. The van der Waals surface area contributed by atoms with E-state index in [1.807, 2.05) is 26.0 Å². The Kier molecular flexibility index (Phi) is 14.3. The molecule has 0 aromatic carbocycles. The maximum Gasteiger partial charge on any atom is 0.306 e. The van der Waals surface area contributed by atoms with Crippen molar-refractivity contribution in [1.82, 2.24) is 0 Å². The van der Waals surface area contributed by atoms with Crippen LogP contribution in [0.25, 0.3) is 0 Å². The van der Waals surface area contributed by atoms with Gasteiger partial charge in [0, 0.05) is 19.3 Å². The van der Waals surface area contributed by atoms with Crippen LogP contribution in [0.5, 0.6) is 0 Å². The highest BCUT2D eigenvalue weighted by atomic mass is 16.5. The van der Waals surface area contributed by atoms with E-state index in [0.717, 1.165) is 32.1 Å². The zero-order valence-corrected chi connectivity index (χ0v) is 16.4. The van der Waals surface area contributed by atoms with Crippen LogP contribution in [0.3, 0.4) is 0 Å². The molecule has 1 unspecified atom stereocenters. The highest BCUT2D eigenvalue weighted by molar-refractivity contribution is 5.72. The lowest BCUT2D eigenvalue weighted by Crippen LogP contribution is -2.16. The first-order chi connectivity index (χ1) is 12.3. The normalized spacial score (nSPS) is 12.3. The van der Waals surface area contributed by atoms with Gasteiger partial charge in [0.1, 0.15) is 0 Å². The van der Waals surface area contributed by atoms with E-state index in [9.17, 15) is 14.4 Å². The summed E-state index contributed by atoms with van der Waals surface area (Å²) < 4.78 is 9.72. The number of carboxylic acids is 1. The lowest BCUT2D eigenvalue weighted by molar-refractivity contribution is -0.146. The molecule has 0 aliphatic carbocycles. The van der Waals surface area contributed by atoms with E-state index >= 15 is 0 Å². The van der Waals surface area contributed by atoms with Gasteiger partial charge in [-0.2, -0.15) is 0 Å². The number of rotatable bonds is 15. The smallest absolute Gasteiger partial charge is 0.306 e. The Labute approximate surface area is 156 Å². The Hall–Kier alpha value is -1.85. The molecule has 6 nitrogen and oxygen atoms in total. The molecule has 1 N–H and O–H groups in total. The Bertz CT molecular complexity index is 442. The Morgan fingerprint density at radius 3 is 2.27 bits per heavy atom. The van der Waals surface area contributed by atoms with E-state index in [1.165, 1.54) is 7.11 Å². The van der Waals surface area contributed by atoms with Crippen molar-refractivity contribution in [3.8, 4) is 0 Å². The second kappa shape index (κ2) is 15.4. The third kappa shape index (κ3) is 15.7. The van der Waals surface area contributed by atoms with E-state index in [4.69, 9.17) is 9.84 Å². The van der Waals surface area contributed by atoms with Crippen LogP contribution in [0.2, 0.25) is 0 Å². The number of unbranched alkanes of at least 4 members (excludes halogenated alkanes) is 4. The molecule has 26 heavy (non-hydrogen) atoms. The second-order valence-corrected chi connectivity index (χ2v) is 6.98. The van der Waals surface area contributed by atoms with Crippen molar-refractivity contribution >= 4 is 17.9 Å². The quantitative estimate of drug-likeness (QED) is 0.265. The van der Waals surface area contributed by atoms with Crippen LogP contribution in [0.1, 0.15) is 71.6 Å². The van der Waals surface area contributed by atoms with Crippen LogP contribution in [0.4, 0.5) is 0 Å². The van der Waals surface area contributed by atoms with Gasteiger partial charge >= 0.3 is 17.9 Å². The molecule has 150 valence electrons. The maximum atomic E-state index is 11.8. The molecule has 0 aromatic heterocycles. The van der Waals surface area contributed by atoms with Crippen molar-refractivity contribution in [3.63, 3.8) is 0 Å². The van der Waals surface area contributed by atoms with Gasteiger partial charge in [-0.25, -0.2) is 0 Å². The third-order valence-corrected chi connectivity index (χ3v) is 3.86. The number of carboxylic acid groups (broad SMARTS) is 1. The predicted octanol–water partition coefficient (Wildman–Crippen LogP) is 4.13. The summed E-state index contributed by atoms with van der Waals surface area (Å²) in [6, 6.07) is 0. The standard InChI is InChI=1S/C20H34O6/c1-16(2)15-26-20(24)14-17(13-18(21)22)11-9-7-5-4-6-8-10-12-19(23)25-3/h7,9,16-17H,4-6,8,10-15H2,1-3H3,(H,21,22)/b9-7+. The van der Waals surface area contributed by atoms with Crippen LogP contribution >= 0.6 is 0 Å². The molecule has 0 radical (unpaired) electrons. The largest absolute Gasteiger partial charge is 0.481 e. The Balaban J connectivity index is 3.97. The van der Waals surface area contributed by atoms with E-state index in [-0.39, 0.29) is 36.6 Å². The molecule has 0 amide bonds. The van der Waals surface area contributed by atoms with Crippen LogP contribution in [0.15, 0.2) is 12.2 Å². The van der Waals surface area contributed by atoms with E-state index < -0.39 is 5.97 Å². The molecular weight excluding hydrogens is 336 g/mol. The van der Waals surface area contributed by atoms with Gasteiger partial charge in [0.05, 0.1) is 13.7 Å². The van der Waals surface area contributed by atoms with Crippen LogP contribution in [-0.2, 0) is 23.9 Å². The fraction of sp³-hybridized carbons (Fsp3) is 0.750. The molecule has 0 saturated carbocycles. The summed E-state index contributed by atoms with van der Waals surface area (Å²) in [5, 5.41) is 8.99. The molecular formula is C20H34O6. The van der Waals surface area contributed by atoms with Gasteiger partial charge in [-0.3, -0.25) is 14.4 Å². The lowest BCUT2D eigenvalue weighted by atomic mass is 9.97. The summed E-state index contributed by atoms with van der Waals surface area (Å²) in [6.07, 6.45) is 9.94. The number of hydrogen-bond donors (Lipinski definition) is 1. The molecule has 0 saturated heterocycles. The highest BCUT2D eigenvalue weighted by Gasteiger charge is 2.17. The minimum atomic E-state index is -0.898. The average Bonchev–Trinajstić information content (AvgIpc) is 2.57. The fourth-order valence-electron chi connectivity index (χ4n) is 2.43. The molecule has 0 rings (SSSR count). The zero-order chi connectivity index (χ0) is 19.8. The van der Waals surface area contributed by atoms with Crippen molar-refractivity contribution in [2.45, 2.75) is 71.6 Å². The molecule has 6 heteroatoms. The highest BCUT2D eigenvalue weighted by Crippen LogP contribution is 2.16. The number of carbonyl (C=O) groups is 3. The SMILES string of the molecule is COC(=O)CCCCCC/C=C/CC(CC(=O)O)CC(=O)OCC(C)C. The number of aliphatic carboxylic acids is 1. The number of methoxy groups -OCH3 is 1. The van der Waals surface area contributed by atoms with Gasteiger partial charge in [-0.15, -0.1) is 0 Å². The molecule has 0 aromatic rings. The number of esters is 2. The number of hydrogen-bond acceptors (Lipinski definition) is 5. The fourth-order valence-corrected chi connectivity index (χ4v) is 2.43. The van der Waals surface area contributed by atoms with Crippen LogP contribution in [0, 0.1) is 11.8 Å². The van der Waals surface area contributed by atoms with Crippen molar-refractivity contribution in [2.75, 3.05) is 13.7 Å². The molecule has 0 spiro atoms. The molecule has 0 fully saturated rings. The van der Waals surface area contributed by atoms with Crippen molar-refractivity contribution in [2.24, 2.45) is 11.8 Å². The minimum Gasteiger partial charge on any atom is -0.481 e. The summed E-state index contributed by atoms with van der Waals surface area (Å²) in [7, 11) is 1.40. The predicted molar refractivity (Wildman–Crippen MR) is 99.6 cm³/mol. The number of allylic oxidation sites excluding steroid dienone is 2. The zero-order valence-electron chi connectivity index (χ0n) is 16.4. The van der Waals surface area contributed by atoms with E-state index in [2.05, 4.69) is 4.74 Å². The molecule has 0 aliphatic rings.